The van der Waals surface area contributed by atoms with E-state index in [1.807, 2.05) is 24.3 Å². The van der Waals surface area contributed by atoms with Gasteiger partial charge in [0, 0.05) is 19.0 Å². The summed E-state index contributed by atoms with van der Waals surface area (Å²) in [6.45, 7) is 1.37. The quantitative estimate of drug-likeness (QED) is 0.696. The maximum absolute atomic E-state index is 12.7. The number of carboxylic acids is 1. The first-order valence-electron chi connectivity index (χ1n) is 10.4. The SMILES string of the molecule is O=C(O)c1cn(C2CCN(C(=O)OCC3c4ccccc4-c4ccccc43)CC2)nn1. The monoisotopic (exact) mass is 418 g/mol. The number of likely N-dealkylation sites (tertiary alicyclic amines) is 1. The number of hydrogen-bond donors (Lipinski definition) is 1. The summed E-state index contributed by atoms with van der Waals surface area (Å²) in [5.41, 5.74) is 4.72. The van der Waals surface area contributed by atoms with Crippen molar-refractivity contribution in [1.29, 1.82) is 0 Å². The lowest BCUT2D eigenvalue weighted by Gasteiger charge is -2.31. The second-order valence-corrected chi connectivity index (χ2v) is 7.91. The highest BCUT2D eigenvalue weighted by Crippen LogP contribution is 2.44. The molecule has 1 N–H and O–H groups in total. The molecule has 1 fully saturated rings. The molecular weight excluding hydrogens is 396 g/mol. The van der Waals surface area contributed by atoms with E-state index in [1.165, 1.54) is 28.5 Å². The fraction of sp³-hybridized carbons (Fsp3) is 0.304. The number of piperidine rings is 1. The summed E-state index contributed by atoms with van der Waals surface area (Å²) in [4.78, 5) is 25.4. The molecular formula is C23H22N4O4. The van der Waals surface area contributed by atoms with Gasteiger partial charge in [0.1, 0.15) is 6.61 Å². The van der Waals surface area contributed by atoms with E-state index in [2.05, 4.69) is 34.6 Å². The predicted octanol–water partition coefficient (Wildman–Crippen LogP) is 3.56. The van der Waals surface area contributed by atoms with Gasteiger partial charge in [0.05, 0.1) is 12.2 Å². The van der Waals surface area contributed by atoms with Gasteiger partial charge in [-0.3, -0.25) is 0 Å². The molecule has 1 aliphatic heterocycles. The van der Waals surface area contributed by atoms with Gasteiger partial charge < -0.3 is 14.7 Å². The van der Waals surface area contributed by atoms with Crippen LogP contribution in [0.1, 0.15) is 46.4 Å². The van der Waals surface area contributed by atoms with E-state index >= 15 is 0 Å². The molecule has 1 amide bonds. The van der Waals surface area contributed by atoms with Crippen LogP contribution in [-0.2, 0) is 4.74 Å². The molecule has 1 saturated heterocycles. The minimum Gasteiger partial charge on any atom is -0.476 e. The fourth-order valence-corrected chi connectivity index (χ4v) is 4.55. The number of nitrogens with zero attached hydrogens (tertiary/aromatic N) is 4. The fourth-order valence-electron chi connectivity index (χ4n) is 4.55. The van der Waals surface area contributed by atoms with Crippen LogP contribution < -0.4 is 0 Å². The largest absolute Gasteiger partial charge is 0.476 e. The number of aromatic carboxylic acids is 1. The first-order chi connectivity index (χ1) is 15.1. The summed E-state index contributed by atoms with van der Waals surface area (Å²) in [7, 11) is 0. The highest BCUT2D eigenvalue weighted by Gasteiger charge is 2.31. The van der Waals surface area contributed by atoms with Gasteiger partial charge in [-0.15, -0.1) is 5.10 Å². The van der Waals surface area contributed by atoms with Crippen molar-refractivity contribution in [3.63, 3.8) is 0 Å². The van der Waals surface area contributed by atoms with Gasteiger partial charge in [-0.2, -0.15) is 0 Å². The van der Waals surface area contributed by atoms with Gasteiger partial charge in [0.2, 0.25) is 0 Å². The summed E-state index contributed by atoms with van der Waals surface area (Å²) in [5, 5.41) is 16.6. The topological polar surface area (TPSA) is 97.5 Å². The molecule has 8 nitrogen and oxygen atoms in total. The molecule has 1 aromatic heterocycles. The van der Waals surface area contributed by atoms with Crippen molar-refractivity contribution in [3.8, 4) is 11.1 Å². The average molecular weight is 418 g/mol. The Hall–Kier alpha value is -3.68. The van der Waals surface area contributed by atoms with Gasteiger partial charge in [-0.25, -0.2) is 14.3 Å². The van der Waals surface area contributed by atoms with Crippen LogP contribution in [0.15, 0.2) is 54.7 Å². The Morgan fingerprint density at radius 2 is 1.61 bits per heavy atom. The molecule has 2 heterocycles. The lowest BCUT2D eigenvalue weighted by atomic mass is 9.98. The zero-order valence-electron chi connectivity index (χ0n) is 16.8. The van der Waals surface area contributed by atoms with E-state index in [9.17, 15) is 9.59 Å². The van der Waals surface area contributed by atoms with Crippen molar-refractivity contribution < 1.29 is 19.4 Å². The van der Waals surface area contributed by atoms with E-state index in [1.54, 1.807) is 9.58 Å². The highest BCUT2D eigenvalue weighted by molar-refractivity contribution is 5.84. The summed E-state index contributed by atoms with van der Waals surface area (Å²) in [6, 6.07) is 16.5. The molecule has 0 spiro atoms. The zero-order valence-corrected chi connectivity index (χ0v) is 16.8. The van der Waals surface area contributed by atoms with E-state index in [4.69, 9.17) is 9.84 Å². The molecule has 2 aliphatic rings. The Labute approximate surface area is 179 Å². The van der Waals surface area contributed by atoms with E-state index < -0.39 is 5.97 Å². The van der Waals surface area contributed by atoms with Crippen molar-refractivity contribution in [2.45, 2.75) is 24.8 Å². The highest BCUT2D eigenvalue weighted by atomic mass is 16.6. The third-order valence-electron chi connectivity index (χ3n) is 6.16. The number of benzene rings is 2. The number of carbonyl (C=O) groups is 2. The summed E-state index contributed by atoms with van der Waals surface area (Å²) >= 11 is 0. The van der Waals surface area contributed by atoms with Crippen LogP contribution in [0, 0.1) is 0 Å². The van der Waals surface area contributed by atoms with E-state index in [-0.39, 0.29) is 23.7 Å². The number of rotatable bonds is 4. The van der Waals surface area contributed by atoms with Crippen LogP contribution >= 0.6 is 0 Å². The van der Waals surface area contributed by atoms with Crippen molar-refractivity contribution in [1.82, 2.24) is 19.9 Å². The van der Waals surface area contributed by atoms with Gasteiger partial charge in [-0.1, -0.05) is 53.7 Å². The summed E-state index contributed by atoms with van der Waals surface area (Å²) < 4.78 is 7.31. The van der Waals surface area contributed by atoms with Crippen molar-refractivity contribution in [2.75, 3.05) is 19.7 Å². The van der Waals surface area contributed by atoms with Gasteiger partial charge in [0.25, 0.3) is 0 Å². The van der Waals surface area contributed by atoms with Crippen LogP contribution in [0.4, 0.5) is 4.79 Å². The molecule has 3 aromatic rings. The number of carbonyl (C=O) groups excluding carboxylic acids is 1. The zero-order chi connectivity index (χ0) is 21.4. The molecule has 0 radical (unpaired) electrons. The van der Waals surface area contributed by atoms with Crippen LogP contribution in [0.3, 0.4) is 0 Å². The van der Waals surface area contributed by atoms with E-state index in [0.717, 1.165) is 0 Å². The molecule has 158 valence electrons. The first-order valence-corrected chi connectivity index (χ1v) is 10.4. The maximum Gasteiger partial charge on any atom is 0.409 e. The van der Waals surface area contributed by atoms with Crippen LogP contribution in [0.2, 0.25) is 0 Å². The molecule has 0 saturated carbocycles. The van der Waals surface area contributed by atoms with Crippen molar-refractivity contribution in [2.24, 2.45) is 0 Å². The predicted molar refractivity (Wildman–Crippen MR) is 112 cm³/mol. The number of aromatic nitrogens is 3. The molecule has 0 atom stereocenters. The minimum atomic E-state index is -1.10. The Bertz CT molecular complexity index is 1090. The van der Waals surface area contributed by atoms with Crippen molar-refractivity contribution >= 4 is 12.1 Å². The van der Waals surface area contributed by atoms with E-state index in [0.29, 0.717) is 32.5 Å². The van der Waals surface area contributed by atoms with Gasteiger partial charge >= 0.3 is 12.1 Å². The average Bonchev–Trinajstić information content (AvgIpc) is 3.42. The Kier molecular flexibility index (Phi) is 4.89. The molecule has 0 bridgehead atoms. The second-order valence-electron chi connectivity index (χ2n) is 7.91. The second kappa shape index (κ2) is 7.86. The van der Waals surface area contributed by atoms with Crippen LogP contribution in [-0.4, -0.2) is 56.8 Å². The lowest BCUT2D eigenvalue weighted by molar-refractivity contribution is 0.0690. The lowest BCUT2D eigenvalue weighted by Crippen LogP contribution is -2.40. The molecule has 1 aliphatic carbocycles. The molecule has 31 heavy (non-hydrogen) atoms. The Morgan fingerprint density at radius 3 is 2.19 bits per heavy atom. The van der Waals surface area contributed by atoms with Gasteiger partial charge in [0.15, 0.2) is 5.69 Å². The molecule has 8 heteroatoms. The smallest absolute Gasteiger partial charge is 0.409 e. The molecule has 5 rings (SSSR count). The number of carboxylic acid groups (broad SMARTS) is 1. The maximum atomic E-state index is 12.7. The summed E-state index contributed by atoms with van der Waals surface area (Å²) in [5.74, 6) is -1.05. The Balaban J connectivity index is 1.21. The number of fused-ring (bicyclic) bond motifs is 3. The van der Waals surface area contributed by atoms with Crippen molar-refractivity contribution in [3.05, 3.63) is 71.5 Å². The minimum absolute atomic E-state index is 0.0261. The summed E-state index contributed by atoms with van der Waals surface area (Å²) in [6.07, 6.45) is 2.47. The third kappa shape index (κ3) is 3.54. The first kappa shape index (κ1) is 19.3. The Morgan fingerprint density at radius 1 is 1.00 bits per heavy atom. The molecule has 0 unspecified atom stereocenters. The normalized spacial score (nSPS) is 16.1. The van der Waals surface area contributed by atoms with Gasteiger partial charge in [-0.05, 0) is 35.1 Å². The molecule has 2 aromatic carbocycles. The number of hydrogen-bond acceptors (Lipinski definition) is 5. The number of amides is 1. The number of ether oxygens (including phenoxy) is 1. The third-order valence-corrected chi connectivity index (χ3v) is 6.16. The van der Waals surface area contributed by atoms with Crippen LogP contribution in [0.5, 0.6) is 0 Å². The van der Waals surface area contributed by atoms with Crippen LogP contribution in [0.25, 0.3) is 11.1 Å². The standard InChI is InChI=1S/C23H22N4O4/c28-22(29)21-13-27(25-24-21)15-9-11-26(12-10-15)23(30)31-14-20-18-7-3-1-5-16(18)17-6-2-4-8-19(17)20/h1-8,13,15,20H,9-12,14H2,(H,28,29).